The predicted molar refractivity (Wildman–Crippen MR) is 109 cm³/mol. The average Bonchev–Trinajstić information content (AvgIpc) is 3.03. The molecule has 3 amide bonds. The lowest BCUT2D eigenvalue weighted by Crippen LogP contribution is -2.48. The van der Waals surface area contributed by atoms with Crippen molar-refractivity contribution in [3.05, 3.63) is 107 Å². The van der Waals surface area contributed by atoms with Crippen molar-refractivity contribution < 1.29 is 14.4 Å². The number of hydrogen-bond acceptors (Lipinski definition) is 3. The van der Waals surface area contributed by atoms with Crippen LogP contribution in [0.4, 0.5) is 0 Å². The smallest absolute Gasteiger partial charge is 0.262 e. The van der Waals surface area contributed by atoms with Gasteiger partial charge in [0, 0.05) is 0 Å². The fourth-order valence-corrected chi connectivity index (χ4v) is 3.59. The first kappa shape index (κ1) is 18.6. The molecule has 0 radical (unpaired) electrons. The van der Waals surface area contributed by atoms with Crippen molar-refractivity contribution in [2.75, 3.05) is 0 Å². The van der Waals surface area contributed by atoms with Crippen molar-refractivity contribution in [2.24, 2.45) is 0 Å². The van der Waals surface area contributed by atoms with Gasteiger partial charge in [0.25, 0.3) is 11.8 Å². The van der Waals surface area contributed by atoms with E-state index >= 15 is 0 Å². The number of fused-ring (bicyclic) bond motifs is 1. The van der Waals surface area contributed by atoms with Gasteiger partial charge in [-0.25, -0.2) is 0 Å². The number of nitrogens with one attached hydrogen (secondary N) is 1. The van der Waals surface area contributed by atoms with Gasteiger partial charge < -0.3 is 5.32 Å². The SMILES string of the molecule is C[C@H](C(=O)NC(c1ccccc1)c1ccccc1)N1C(=O)c2ccccc2C1=O. The Bertz CT molecular complexity index is 989. The van der Waals surface area contributed by atoms with Crippen molar-refractivity contribution in [3.8, 4) is 0 Å². The number of nitrogens with zero attached hydrogens (tertiary/aromatic N) is 1. The summed E-state index contributed by atoms with van der Waals surface area (Å²) in [5, 5.41) is 3.01. The van der Waals surface area contributed by atoms with E-state index in [1.165, 1.54) is 0 Å². The summed E-state index contributed by atoms with van der Waals surface area (Å²) in [5.41, 5.74) is 2.50. The molecule has 1 N–H and O–H groups in total. The van der Waals surface area contributed by atoms with Crippen LogP contribution in [0.15, 0.2) is 84.9 Å². The highest BCUT2D eigenvalue weighted by atomic mass is 16.2. The maximum Gasteiger partial charge on any atom is 0.262 e. The fourth-order valence-electron chi connectivity index (χ4n) is 3.59. The molecule has 0 spiro atoms. The Morgan fingerprint density at radius 1 is 0.724 bits per heavy atom. The van der Waals surface area contributed by atoms with E-state index in [9.17, 15) is 14.4 Å². The molecule has 0 aromatic heterocycles. The van der Waals surface area contributed by atoms with E-state index in [2.05, 4.69) is 5.32 Å². The van der Waals surface area contributed by atoms with Crippen molar-refractivity contribution in [1.82, 2.24) is 10.2 Å². The van der Waals surface area contributed by atoms with E-state index in [1.54, 1.807) is 31.2 Å². The molecule has 5 nitrogen and oxygen atoms in total. The lowest BCUT2D eigenvalue weighted by Gasteiger charge is -2.26. The molecule has 0 fully saturated rings. The summed E-state index contributed by atoms with van der Waals surface area (Å²) in [7, 11) is 0. The highest BCUT2D eigenvalue weighted by Crippen LogP contribution is 2.26. The molecule has 0 aliphatic carbocycles. The van der Waals surface area contributed by atoms with Gasteiger partial charge in [-0.1, -0.05) is 72.8 Å². The Kier molecular flexibility index (Phi) is 4.96. The summed E-state index contributed by atoms with van der Waals surface area (Å²) in [4.78, 5) is 39.5. The molecule has 5 heteroatoms. The Morgan fingerprint density at radius 3 is 1.59 bits per heavy atom. The number of imide groups is 1. The first-order valence-electron chi connectivity index (χ1n) is 9.45. The highest BCUT2D eigenvalue weighted by Gasteiger charge is 2.41. The van der Waals surface area contributed by atoms with Crippen LogP contribution in [-0.4, -0.2) is 28.7 Å². The maximum absolute atomic E-state index is 13.1. The van der Waals surface area contributed by atoms with Crippen LogP contribution in [0.25, 0.3) is 0 Å². The molecule has 0 saturated heterocycles. The van der Waals surface area contributed by atoms with Crippen molar-refractivity contribution in [3.63, 3.8) is 0 Å². The first-order chi connectivity index (χ1) is 14.1. The van der Waals surface area contributed by atoms with Gasteiger partial charge >= 0.3 is 0 Å². The van der Waals surface area contributed by atoms with Crippen molar-refractivity contribution >= 4 is 17.7 Å². The molecule has 1 heterocycles. The van der Waals surface area contributed by atoms with E-state index in [1.807, 2.05) is 60.7 Å². The quantitative estimate of drug-likeness (QED) is 0.684. The molecule has 0 unspecified atom stereocenters. The zero-order chi connectivity index (χ0) is 20.4. The predicted octanol–water partition coefficient (Wildman–Crippen LogP) is 3.58. The Balaban J connectivity index is 1.60. The molecule has 144 valence electrons. The summed E-state index contributed by atoms with van der Waals surface area (Å²) < 4.78 is 0. The van der Waals surface area contributed by atoms with Crippen LogP contribution in [0.3, 0.4) is 0 Å². The van der Waals surface area contributed by atoms with Gasteiger partial charge in [0.05, 0.1) is 17.2 Å². The number of rotatable bonds is 5. The molecule has 3 aromatic carbocycles. The first-order valence-corrected chi connectivity index (χ1v) is 9.45. The normalized spacial score (nSPS) is 14.1. The number of carbonyl (C=O) groups excluding carboxylic acids is 3. The average molecular weight is 384 g/mol. The van der Waals surface area contributed by atoms with Gasteiger partial charge in [0.2, 0.25) is 5.91 Å². The topological polar surface area (TPSA) is 66.5 Å². The van der Waals surface area contributed by atoms with Crippen molar-refractivity contribution in [1.29, 1.82) is 0 Å². The van der Waals surface area contributed by atoms with Gasteiger partial charge in [-0.15, -0.1) is 0 Å². The standard InChI is InChI=1S/C24H20N2O3/c1-16(26-23(28)19-14-8-9-15-20(19)24(26)29)22(27)25-21(17-10-4-2-5-11-17)18-12-6-3-7-13-18/h2-16,21H,1H3,(H,25,27)/t16-/m1/s1. The van der Waals surface area contributed by atoms with E-state index in [0.717, 1.165) is 16.0 Å². The summed E-state index contributed by atoms with van der Waals surface area (Å²) in [5.74, 6) is -1.27. The van der Waals surface area contributed by atoms with Crippen LogP contribution in [0.5, 0.6) is 0 Å². The lowest BCUT2D eigenvalue weighted by atomic mass is 9.98. The highest BCUT2D eigenvalue weighted by molar-refractivity contribution is 6.22. The van der Waals surface area contributed by atoms with E-state index in [-0.39, 0.29) is 6.04 Å². The fraction of sp³-hybridized carbons (Fsp3) is 0.125. The minimum absolute atomic E-state index is 0.333. The summed E-state index contributed by atoms with van der Waals surface area (Å²) in [6, 6.07) is 24.5. The Hall–Kier alpha value is -3.73. The largest absolute Gasteiger partial charge is 0.343 e. The van der Waals surface area contributed by atoms with Crippen LogP contribution < -0.4 is 5.32 Å². The number of benzene rings is 3. The van der Waals surface area contributed by atoms with Gasteiger partial charge in [-0.2, -0.15) is 0 Å². The third-order valence-electron chi connectivity index (χ3n) is 5.14. The van der Waals surface area contributed by atoms with Crippen LogP contribution in [0.1, 0.15) is 44.8 Å². The third-order valence-corrected chi connectivity index (χ3v) is 5.14. The summed E-state index contributed by atoms with van der Waals surface area (Å²) in [6.07, 6.45) is 0. The monoisotopic (exact) mass is 384 g/mol. The summed E-state index contributed by atoms with van der Waals surface area (Å²) >= 11 is 0. The van der Waals surface area contributed by atoms with E-state index in [4.69, 9.17) is 0 Å². The molecule has 1 atom stereocenters. The van der Waals surface area contributed by atoms with Crippen LogP contribution in [0, 0.1) is 0 Å². The zero-order valence-corrected chi connectivity index (χ0v) is 15.9. The molecule has 29 heavy (non-hydrogen) atoms. The second-order valence-electron chi connectivity index (χ2n) is 6.96. The molecule has 1 aliphatic rings. The third kappa shape index (κ3) is 3.43. The van der Waals surface area contributed by atoms with Gasteiger partial charge in [0.15, 0.2) is 0 Å². The molecule has 0 bridgehead atoms. The molecular formula is C24H20N2O3. The second kappa shape index (κ2) is 7.72. The second-order valence-corrected chi connectivity index (χ2v) is 6.96. The summed E-state index contributed by atoms with van der Waals surface area (Å²) in [6.45, 7) is 1.57. The maximum atomic E-state index is 13.1. The molecule has 0 saturated carbocycles. The zero-order valence-electron chi connectivity index (χ0n) is 15.9. The minimum atomic E-state index is -0.933. The van der Waals surface area contributed by atoms with E-state index in [0.29, 0.717) is 11.1 Å². The Morgan fingerprint density at radius 2 is 1.14 bits per heavy atom. The lowest BCUT2D eigenvalue weighted by molar-refractivity contribution is -0.125. The van der Waals surface area contributed by atoms with Crippen LogP contribution >= 0.6 is 0 Å². The number of carbonyl (C=O) groups is 3. The number of amides is 3. The van der Waals surface area contributed by atoms with Gasteiger partial charge in [0.1, 0.15) is 6.04 Å². The van der Waals surface area contributed by atoms with Crippen molar-refractivity contribution in [2.45, 2.75) is 19.0 Å². The number of hydrogen-bond donors (Lipinski definition) is 1. The molecule has 1 aliphatic heterocycles. The van der Waals surface area contributed by atoms with Crippen LogP contribution in [0.2, 0.25) is 0 Å². The van der Waals surface area contributed by atoms with Gasteiger partial charge in [-0.05, 0) is 30.2 Å². The van der Waals surface area contributed by atoms with E-state index < -0.39 is 23.8 Å². The molecule has 4 rings (SSSR count). The Labute approximate surface area is 169 Å². The van der Waals surface area contributed by atoms with Gasteiger partial charge in [-0.3, -0.25) is 19.3 Å². The minimum Gasteiger partial charge on any atom is -0.343 e. The van der Waals surface area contributed by atoms with Crippen LogP contribution in [-0.2, 0) is 4.79 Å². The molecular weight excluding hydrogens is 364 g/mol. The molecule has 3 aromatic rings.